The summed E-state index contributed by atoms with van der Waals surface area (Å²) in [5, 5.41) is 1.01. The fourth-order valence-corrected chi connectivity index (χ4v) is 4.10. The summed E-state index contributed by atoms with van der Waals surface area (Å²) in [4.78, 5) is 24.7. The number of pyridine rings is 2. The molecule has 1 saturated heterocycles. The van der Waals surface area contributed by atoms with E-state index >= 15 is 0 Å². The van der Waals surface area contributed by atoms with Gasteiger partial charge in [0.05, 0.1) is 23.9 Å². The molecule has 2 N–H and O–H groups in total. The Morgan fingerprint density at radius 1 is 1.17 bits per heavy atom. The highest BCUT2D eigenvalue weighted by atomic mass is 16.5. The van der Waals surface area contributed by atoms with Gasteiger partial charge >= 0.3 is 5.97 Å². The molecule has 0 amide bonds. The summed E-state index contributed by atoms with van der Waals surface area (Å²) in [5.74, 6) is 0.883. The maximum Gasteiger partial charge on any atom is 0.340 e. The lowest BCUT2D eigenvalue weighted by molar-refractivity contribution is -0.914. The van der Waals surface area contributed by atoms with E-state index in [9.17, 15) is 4.79 Å². The number of hydrogen-bond acceptors (Lipinski definition) is 4. The molecule has 0 saturated carbocycles. The molecular weight excluding hydrogens is 364 g/mol. The van der Waals surface area contributed by atoms with Gasteiger partial charge in [-0.25, -0.2) is 14.8 Å². The lowest BCUT2D eigenvalue weighted by atomic mass is 10.0. The molecule has 0 radical (unpaired) electrons. The number of piperazine rings is 1. The number of hydrogen-bond donors (Lipinski definition) is 1. The number of ether oxygens (including phenoxy) is 1. The second-order valence-corrected chi connectivity index (χ2v) is 7.46. The van der Waals surface area contributed by atoms with Crippen LogP contribution >= 0.6 is 0 Å². The number of carbonyl (C=O) groups is 1. The van der Waals surface area contributed by atoms with Crippen molar-refractivity contribution in [3.8, 4) is 0 Å². The third-order valence-corrected chi connectivity index (χ3v) is 5.63. The van der Waals surface area contributed by atoms with Gasteiger partial charge in [0, 0.05) is 11.5 Å². The first-order valence-electron chi connectivity index (χ1n) is 10.3. The third kappa shape index (κ3) is 4.07. The highest BCUT2D eigenvalue weighted by molar-refractivity contribution is 5.98. The van der Waals surface area contributed by atoms with Crippen LogP contribution in [0.3, 0.4) is 0 Å². The van der Waals surface area contributed by atoms with Gasteiger partial charge in [-0.3, -0.25) is 4.90 Å². The molecular formula is C23H28N4O2+2. The van der Waals surface area contributed by atoms with Crippen molar-refractivity contribution in [3.05, 3.63) is 65.5 Å². The number of quaternary nitrogens is 1. The average molecular weight is 393 g/mol. The number of carbonyl (C=O) groups excluding carboxylic acids is 1. The number of aromatic nitrogens is 2. The number of fused-ring (bicyclic) bond motifs is 1. The van der Waals surface area contributed by atoms with Crippen LogP contribution in [0.15, 0.2) is 48.7 Å². The Hall–Kier alpha value is -2.99. The van der Waals surface area contributed by atoms with Crippen molar-refractivity contribution in [2.75, 3.05) is 37.7 Å². The van der Waals surface area contributed by atoms with Crippen LogP contribution in [0.4, 0.5) is 5.82 Å². The van der Waals surface area contributed by atoms with Gasteiger partial charge in [-0.2, -0.15) is 0 Å². The molecule has 29 heavy (non-hydrogen) atoms. The number of para-hydroxylation sites is 1. The molecule has 6 heteroatoms. The van der Waals surface area contributed by atoms with Crippen molar-refractivity contribution in [1.82, 2.24) is 4.98 Å². The largest absolute Gasteiger partial charge is 0.462 e. The summed E-state index contributed by atoms with van der Waals surface area (Å²) in [6, 6.07) is 14.2. The van der Waals surface area contributed by atoms with E-state index in [0.29, 0.717) is 12.2 Å². The second kappa shape index (κ2) is 8.57. The molecule has 0 atom stereocenters. The third-order valence-electron chi connectivity index (χ3n) is 5.63. The Labute approximate surface area is 171 Å². The Morgan fingerprint density at radius 3 is 2.66 bits per heavy atom. The SMILES string of the molecule is CCOC(=O)c1c(C[NH+]2CCN(c3cccc[nH+]3)CC2)nc2ccccc2c1C. The van der Waals surface area contributed by atoms with Crippen LogP contribution in [0.2, 0.25) is 0 Å². The smallest absolute Gasteiger partial charge is 0.340 e. The van der Waals surface area contributed by atoms with Crippen molar-refractivity contribution in [3.63, 3.8) is 0 Å². The summed E-state index contributed by atoms with van der Waals surface area (Å²) >= 11 is 0. The number of aryl methyl sites for hydroxylation is 1. The zero-order valence-corrected chi connectivity index (χ0v) is 17.1. The molecule has 4 rings (SSSR count). The number of anilines is 1. The van der Waals surface area contributed by atoms with Gasteiger partial charge in [-0.05, 0) is 31.5 Å². The molecule has 3 heterocycles. The summed E-state index contributed by atoms with van der Waals surface area (Å²) in [6.45, 7) is 8.87. The Bertz CT molecular complexity index is 998. The molecule has 0 spiro atoms. The van der Waals surface area contributed by atoms with Gasteiger partial charge < -0.3 is 9.64 Å². The topological polar surface area (TPSA) is 61.0 Å². The van der Waals surface area contributed by atoms with Crippen LogP contribution in [-0.4, -0.2) is 43.7 Å². The number of nitrogens with one attached hydrogen (secondary N) is 2. The van der Waals surface area contributed by atoms with Gasteiger partial charge in [0.1, 0.15) is 38.4 Å². The lowest BCUT2D eigenvalue weighted by Gasteiger charge is -2.28. The first-order valence-corrected chi connectivity index (χ1v) is 10.3. The minimum Gasteiger partial charge on any atom is -0.462 e. The van der Waals surface area contributed by atoms with Gasteiger partial charge in [0.2, 0.25) is 0 Å². The monoisotopic (exact) mass is 392 g/mol. The standard InChI is InChI=1S/C23H26N4O2/c1-3-29-23(28)22-17(2)18-8-4-5-9-19(18)25-20(22)16-26-12-14-27(15-13-26)21-10-6-7-11-24-21/h4-11H,3,12-16H2,1-2H3/p+2. The van der Waals surface area contributed by atoms with Crippen molar-refractivity contribution in [1.29, 1.82) is 0 Å². The van der Waals surface area contributed by atoms with Gasteiger partial charge in [-0.1, -0.05) is 24.3 Å². The molecule has 1 fully saturated rings. The van der Waals surface area contributed by atoms with E-state index in [4.69, 9.17) is 9.72 Å². The Morgan fingerprint density at radius 2 is 1.93 bits per heavy atom. The van der Waals surface area contributed by atoms with E-state index in [1.54, 1.807) is 0 Å². The minimum atomic E-state index is -0.268. The highest BCUT2D eigenvalue weighted by Gasteiger charge is 2.28. The highest BCUT2D eigenvalue weighted by Crippen LogP contribution is 2.23. The predicted octanol–water partition coefficient (Wildman–Crippen LogP) is 1.44. The zero-order chi connectivity index (χ0) is 20.2. The molecule has 6 nitrogen and oxygen atoms in total. The zero-order valence-electron chi connectivity index (χ0n) is 17.1. The molecule has 0 bridgehead atoms. The Balaban J connectivity index is 1.57. The van der Waals surface area contributed by atoms with E-state index in [-0.39, 0.29) is 5.97 Å². The predicted molar refractivity (Wildman–Crippen MR) is 112 cm³/mol. The molecule has 0 aliphatic carbocycles. The number of esters is 1. The van der Waals surface area contributed by atoms with Crippen molar-refractivity contribution >= 4 is 22.7 Å². The van der Waals surface area contributed by atoms with E-state index in [0.717, 1.165) is 60.7 Å². The number of aromatic amines is 1. The molecule has 1 aliphatic heterocycles. The fraction of sp³-hybridized carbons (Fsp3) is 0.348. The van der Waals surface area contributed by atoms with E-state index in [2.05, 4.69) is 22.0 Å². The first kappa shape index (κ1) is 19.3. The second-order valence-electron chi connectivity index (χ2n) is 7.46. The number of H-pyrrole nitrogens is 1. The lowest BCUT2D eigenvalue weighted by Crippen LogP contribution is -3.13. The number of benzene rings is 1. The number of nitrogens with zero attached hydrogens (tertiary/aromatic N) is 2. The van der Waals surface area contributed by atoms with Gasteiger partial charge in [0.25, 0.3) is 5.82 Å². The molecule has 3 aromatic rings. The molecule has 150 valence electrons. The van der Waals surface area contributed by atoms with Crippen LogP contribution in [-0.2, 0) is 11.3 Å². The summed E-state index contributed by atoms with van der Waals surface area (Å²) in [6.07, 6.45) is 1.96. The maximum absolute atomic E-state index is 12.7. The summed E-state index contributed by atoms with van der Waals surface area (Å²) < 4.78 is 5.36. The molecule has 1 aromatic carbocycles. The minimum absolute atomic E-state index is 0.268. The quantitative estimate of drug-likeness (QED) is 0.668. The first-order chi connectivity index (χ1) is 14.2. The van der Waals surface area contributed by atoms with Crippen molar-refractivity contribution in [2.45, 2.75) is 20.4 Å². The van der Waals surface area contributed by atoms with Crippen LogP contribution in [0.1, 0.15) is 28.5 Å². The van der Waals surface area contributed by atoms with E-state index in [1.807, 2.05) is 50.4 Å². The Kier molecular flexibility index (Phi) is 5.71. The number of rotatable bonds is 5. The van der Waals surface area contributed by atoms with E-state index < -0.39 is 0 Å². The van der Waals surface area contributed by atoms with Crippen LogP contribution < -0.4 is 14.8 Å². The van der Waals surface area contributed by atoms with Crippen molar-refractivity contribution in [2.24, 2.45) is 0 Å². The molecule has 0 unspecified atom stereocenters. The van der Waals surface area contributed by atoms with E-state index in [1.165, 1.54) is 4.90 Å². The molecule has 1 aliphatic rings. The summed E-state index contributed by atoms with van der Waals surface area (Å²) in [5.41, 5.74) is 3.37. The van der Waals surface area contributed by atoms with Crippen LogP contribution in [0.25, 0.3) is 10.9 Å². The summed E-state index contributed by atoms with van der Waals surface area (Å²) in [7, 11) is 0. The van der Waals surface area contributed by atoms with Gasteiger partial charge in [0.15, 0.2) is 0 Å². The van der Waals surface area contributed by atoms with Crippen molar-refractivity contribution < 1.29 is 19.4 Å². The van der Waals surface area contributed by atoms with Crippen LogP contribution in [0.5, 0.6) is 0 Å². The van der Waals surface area contributed by atoms with Gasteiger partial charge in [-0.15, -0.1) is 0 Å². The molecule has 2 aromatic heterocycles. The average Bonchev–Trinajstić information content (AvgIpc) is 2.75. The fourth-order valence-electron chi connectivity index (χ4n) is 4.10. The normalized spacial score (nSPS) is 14.9. The van der Waals surface area contributed by atoms with Crippen LogP contribution in [0, 0.1) is 6.92 Å². The maximum atomic E-state index is 12.7.